The van der Waals surface area contributed by atoms with E-state index in [9.17, 15) is 5.11 Å². The average molecular weight is 222 g/mol. The molecule has 0 spiro atoms. The highest BCUT2D eigenvalue weighted by molar-refractivity contribution is 5.10. The Labute approximate surface area is 99.9 Å². The van der Waals surface area contributed by atoms with Crippen molar-refractivity contribution in [2.75, 3.05) is 0 Å². The molecule has 0 aliphatic heterocycles. The molecule has 92 valence electrons. The van der Waals surface area contributed by atoms with Crippen molar-refractivity contribution in [3.05, 3.63) is 11.6 Å². The maximum Gasteiger partial charge on any atom is 0.0594 e. The van der Waals surface area contributed by atoms with Crippen molar-refractivity contribution in [3.8, 4) is 0 Å². The van der Waals surface area contributed by atoms with E-state index in [1.165, 1.54) is 25.7 Å². The van der Waals surface area contributed by atoms with Crippen molar-refractivity contribution in [2.24, 2.45) is 16.7 Å². The summed E-state index contributed by atoms with van der Waals surface area (Å²) in [5.41, 5.74) is 2.05. The number of aliphatic hydroxyl groups is 1. The number of hydrogen-bond donors (Lipinski definition) is 1. The second-order valence-corrected chi connectivity index (χ2v) is 6.88. The molecule has 0 heterocycles. The fourth-order valence-corrected chi connectivity index (χ4v) is 3.99. The predicted octanol–water partition coefficient (Wildman–Crippen LogP) is 3.92. The first-order chi connectivity index (χ1) is 7.36. The zero-order valence-corrected chi connectivity index (χ0v) is 11.2. The van der Waals surface area contributed by atoms with Gasteiger partial charge < -0.3 is 5.11 Å². The molecule has 0 amide bonds. The summed E-state index contributed by atoms with van der Waals surface area (Å²) in [5.74, 6) is 0.664. The monoisotopic (exact) mass is 222 g/mol. The van der Waals surface area contributed by atoms with E-state index in [0.717, 1.165) is 6.42 Å². The first-order valence-corrected chi connectivity index (χ1v) is 6.70. The molecule has 2 rings (SSSR count). The highest BCUT2D eigenvalue weighted by Gasteiger charge is 2.50. The van der Waals surface area contributed by atoms with Crippen LogP contribution in [0, 0.1) is 16.7 Å². The van der Waals surface area contributed by atoms with Gasteiger partial charge in [-0.25, -0.2) is 0 Å². The topological polar surface area (TPSA) is 20.2 Å². The van der Waals surface area contributed by atoms with Crippen LogP contribution in [-0.4, -0.2) is 11.2 Å². The van der Waals surface area contributed by atoms with E-state index < -0.39 is 0 Å². The van der Waals surface area contributed by atoms with Crippen LogP contribution in [0.5, 0.6) is 0 Å². The van der Waals surface area contributed by atoms with Gasteiger partial charge in [0, 0.05) is 0 Å². The third-order valence-corrected chi connectivity index (χ3v) is 5.33. The lowest BCUT2D eigenvalue weighted by Crippen LogP contribution is -2.49. The molecule has 0 bridgehead atoms. The van der Waals surface area contributed by atoms with Gasteiger partial charge in [0.05, 0.1) is 6.10 Å². The maximum absolute atomic E-state index is 10.2. The highest BCUT2D eigenvalue weighted by atomic mass is 16.3. The first kappa shape index (κ1) is 12.2. The normalized spacial score (nSPS) is 43.2. The van der Waals surface area contributed by atoms with Gasteiger partial charge >= 0.3 is 0 Å². The largest absolute Gasteiger partial charge is 0.393 e. The van der Waals surface area contributed by atoms with Crippen LogP contribution >= 0.6 is 0 Å². The lowest BCUT2D eigenvalue weighted by Gasteiger charge is -2.53. The number of rotatable bonds is 0. The molecule has 0 radical (unpaired) electrons. The summed E-state index contributed by atoms with van der Waals surface area (Å²) in [6.07, 6.45) is 8.18. The van der Waals surface area contributed by atoms with E-state index in [4.69, 9.17) is 0 Å². The van der Waals surface area contributed by atoms with E-state index in [1.54, 1.807) is 5.57 Å². The quantitative estimate of drug-likeness (QED) is 0.616. The maximum atomic E-state index is 10.2. The summed E-state index contributed by atoms with van der Waals surface area (Å²) in [5, 5.41) is 10.2. The molecule has 1 nitrogen and oxygen atoms in total. The van der Waals surface area contributed by atoms with Gasteiger partial charge in [-0.1, -0.05) is 32.4 Å². The van der Waals surface area contributed by atoms with Crippen molar-refractivity contribution in [2.45, 2.75) is 65.9 Å². The third-order valence-electron chi connectivity index (χ3n) is 5.33. The SMILES string of the molecule is CC1=CCC2(C)CC[C@H](O)C(C)(C)[C@@H]2CC1. The van der Waals surface area contributed by atoms with Crippen LogP contribution in [0.1, 0.15) is 59.8 Å². The Balaban J connectivity index is 2.30. The Hall–Kier alpha value is -0.300. The van der Waals surface area contributed by atoms with Gasteiger partial charge in [0.2, 0.25) is 0 Å². The minimum atomic E-state index is -0.107. The highest BCUT2D eigenvalue weighted by Crippen LogP contribution is 2.56. The van der Waals surface area contributed by atoms with Crippen LogP contribution < -0.4 is 0 Å². The second kappa shape index (κ2) is 3.87. The number of hydrogen-bond acceptors (Lipinski definition) is 1. The van der Waals surface area contributed by atoms with Gasteiger partial charge in [-0.2, -0.15) is 0 Å². The Morgan fingerprint density at radius 1 is 1.25 bits per heavy atom. The molecule has 1 heteroatoms. The number of fused-ring (bicyclic) bond motifs is 1. The Morgan fingerprint density at radius 2 is 1.94 bits per heavy atom. The van der Waals surface area contributed by atoms with E-state index in [1.807, 2.05) is 0 Å². The average Bonchev–Trinajstić information content (AvgIpc) is 2.35. The van der Waals surface area contributed by atoms with Crippen molar-refractivity contribution in [1.29, 1.82) is 0 Å². The summed E-state index contributed by atoms with van der Waals surface area (Å²) in [7, 11) is 0. The molecule has 1 N–H and O–H groups in total. The van der Waals surface area contributed by atoms with E-state index >= 15 is 0 Å². The molecule has 3 atom stereocenters. The predicted molar refractivity (Wildman–Crippen MR) is 68.2 cm³/mol. The summed E-state index contributed by atoms with van der Waals surface area (Å²) in [4.78, 5) is 0. The summed E-state index contributed by atoms with van der Waals surface area (Å²) in [6, 6.07) is 0. The Bertz CT molecular complexity index is 303. The number of aliphatic hydroxyl groups excluding tert-OH is 1. The summed E-state index contributed by atoms with van der Waals surface area (Å²) in [6.45, 7) is 9.21. The first-order valence-electron chi connectivity index (χ1n) is 6.70. The van der Waals surface area contributed by atoms with Crippen LogP contribution in [0.3, 0.4) is 0 Å². The van der Waals surface area contributed by atoms with Crippen molar-refractivity contribution < 1.29 is 5.11 Å². The fourth-order valence-electron chi connectivity index (χ4n) is 3.99. The Kier molecular flexibility index (Phi) is 2.94. The van der Waals surface area contributed by atoms with Crippen molar-refractivity contribution in [1.82, 2.24) is 0 Å². The molecular weight excluding hydrogens is 196 g/mol. The molecule has 0 aromatic rings. The smallest absolute Gasteiger partial charge is 0.0594 e. The van der Waals surface area contributed by atoms with Gasteiger partial charge in [-0.15, -0.1) is 0 Å². The molecule has 1 saturated carbocycles. The molecule has 16 heavy (non-hydrogen) atoms. The van der Waals surface area contributed by atoms with Gasteiger partial charge in [0.1, 0.15) is 0 Å². The molecule has 2 aliphatic rings. The van der Waals surface area contributed by atoms with Crippen LogP contribution in [0.4, 0.5) is 0 Å². The van der Waals surface area contributed by atoms with Crippen LogP contribution in [-0.2, 0) is 0 Å². The van der Waals surface area contributed by atoms with Gasteiger partial charge in [-0.3, -0.25) is 0 Å². The van der Waals surface area contributed by atoms with E-state index in [0.29, 0.717) is 11.3 Å². The lowest BCUT2D eigenvalue weighted by molar-refractivity contribution is -0.0951. The standard InChI is InChI=1S/C15H26O/c1-11-5-6-12-14(2,3)13(16)8-10-15(12,4)9-7-11/h7,12-13,16H,5-6,8-10H2,1-4H3/t12-,13-,15?/m0/s1. The molecular formula is C15H26O. The molecule has 0 saturated heterocycles. The number of allylic oxidation sites excluding steroid dienone is 2. The lowest BCUT2D eigenvalue weighted by atomic mass is 9.53. The third kappa shape index (κ3) is 1.84. The van der Waals surface area contributed by atoms with Gasteiger partial charge in [0.25, 0.3) is 0 Å². The minimum absolute atomic E-state index is 0.0888. The molecule has 2 aliphatic carbocycles. The zero-order valence-electron chi connectivity index (χ0n) is 11.2. The molecule has 1 unspecified atom stereocenters. The minimum Gasteiger partial charge on any atom is -0.393 e. The van der Waals surface area contributed by atoms with Gasteiger partial charge in [0.15, 0.2) is 0 Å². The zero-order chi connectivity index (χ0) is 12.0. The van der Waals surface area contributed by atoms with E-state index in [2.05, 4.69) is 33.8 Å². The summed E-state index contributed by atoms with van der Waals surface area (Å²) < 4.78 is 0. The van der Waals surface area contributed by atoms with Crippen LogP contribution in [0.25, 0.3) is 0 Å². The van der Waals surface area contributed by atoms with Crippen LogP contribution in [0.2, 0.25) is 0 Å². The molecule has 0 aromatic heterocycles. The van der Waals surface area contributed by atoms with Crippen LogP contribution in [0.15, 0.2) is 11.6 Å². The second-order valence-electron chi connectivity index (χ2n) is 6.88. The molecule has 1 fully saturated rings. The van der Waals surface area contributed by atoms with Crippen molar-refractivity contribution >= 4 is 0 Å². The Morgan fingerprint density at radius 3 is 2.62 bits per heavy atom. The van der Waals surface area contributed by atoms with Gasteiger partial charge in [-0.05, 0) is 55.8 Å². The van der Waals surface area contributed by atoms with E-state index in [-0.39, 0.29) is 11.5 Å². The summed E-state index contributed by atoms with van der Waals surface area (Å²) >= 11 is 0. The van der Waals surface area contributed by atoms with Crippen molar-refractivity contribution in [3.63, 3.8) is 0 Å². The molecule has 0 aromatic carbocycles. The fraction of sp³-hybridized carbons (Fsp3) is 0.867.